The first-order valence-corrected chi connectivity index (χ1v) is 6.04. The Labute approximate surface area is 103 Å². The molecule has 0 spiro atoms. The first-order valence-electron chi connectivity index (χ1n) is 6.04. The van der Waals surface area contributed by atoms with Crippen molar-refractivity contribution in [1.29, 1.82) is 0 Å². The first kappa shape index (κ1) is 11.9. The Balaban J connectivity index is 2.20. The fourth-order valence-electron chi connectivity index (χ4n) is 2.19. The van der Waals surface area contributed by atoms with Gasteiger partial charge in [0.05, 0.1) is 0 Å². The molecule has 0 aliphatic carbocycles. The van der Waals surface area contributed by atoms with Crippen LogP contribution >= 0.6 is 0 Å². The van der Waals surface area contributed by atoms with Crippen molar-refractivity contribution in [2.24, 2.45) is 5.73 Å². The molecular weight excluding hydrogens is 206 g/mol. The Hall–Kier alpha value is -1.60. The van der Waals surface area contributed by atoms with Gasteiger partial charge in [-0.2, -0.15) is 0 Å². The lowest BCUT2D eigenvalue weighted by Gasteiger charge is -2.16. The van der Waals surface area contributed by atoms with E-state index in [1.54, 1.807) is 0 Å². The summed E-state index contributed by atoms with van der Waals surface area (Å²) in [6, 6.07) is 16.9. The van der Waals surface area contributed by atoms with Gasteiger partial charge >= 0.3 is 0 Å². The zero-order chi connectivity index (χ0) is 12.3. The fourth-order valence-corrected chi connectivity index (χ4v) is 2.19. The monoisotopic (exact) mass is 225 g/mol. The van der Waals surface area contributed by atoms with E-state index >= 15 is 0 Å². The maximum Gasteiger partial charge on any atom is 0.0338 e. The Morgan fingerprint density at radius 3 is 2.12 bits per heavy atom. The normalized spacial score (nSPS) is 12.4. The van der Waals surface area contributed by atoms with E-state index in [1.165, 1.54) is 22.3 Å². The minimum atomic E-state index is 0.0808. The fraction of sp³-hybridized carbons (Fsp3) is 0.250. The zero-order valence-corrected chi connectivity index (χ0v) is 10.5. The molecule has 1 heteroatoms. The van der Waals surface area contributed by atoms with Gasteiger partial charge in [0.25, 0.3) is 0 Å². The van der Waals surface area contributed by atoms with Crippen molar-refractivity contribution in [3.05, 3.63) is 70.8 Å². The molecule has 2 N–H and O–H groups in total. The number of nitrogens with two attached hydrogens (primary N) is 1. The molecule has 0 aliphatic rings. The number of hydrogen-bond acceptors (Lipinski definition) is 1. The zero-order valence-electron chi connectivity index (χ0n) is 10.5. The average Bonchev–Trinajstić information content (AvgIpc) is 2.32. The molecule has 0 heterocycles. The van der Waals surface area contributed by atoms with Crippen LogP contribution in [0.4, 0.5) is 0 Å². The Morgan fingerprint density at radius 1 is 0.882 bits per heavy atom. The highest BCUT2D eigenvalue weighted by Crippen LogP contribution is 2.20. The van der Waals surface area contributed by atoms with Crippen LogP contribution in [0.2, 0.25) is 0 Å². The summed E-state index contributed by atoms with van der Waals surface area (Å²) in [6.07, 6.45) is 0.900. The van der Waals surface area contributed by atoms with Gasteiger partial charge in [0, 0.05) is 6.04 Å². The largest absolute Gasteiger partial charge is 0.324 e. The average molecular weight is 225 g/mol. The Bertz CT molecular complexity index is 502. The van der Waals surface area contributed by atoms with Gasteiger partial charge < -0.3 is 5.73 Å². The second-order valence-electron chi connectivity index (χ2n) is 4.59. The van der Waals surface area contributed by atoms with E-state index in [-0.39, 0.29) is 6.04 Å². The van der Waals surface area contributed by atoms with Crippen LogP contribution in [0.15, 0.2) is 48.5 Å². The summed E-state index contributed by atoms with van der Waals surface area (Å²) in [5, 5.41) is 0. The number of benzene rings is 2. The van der Waals surface area contributed by atoms with Crippen molar-refractivity contribution in [2.75, 3.05) is 0 Å². The van der Waals surface area contributed by atoms with E-state index in [1.807, 2.05) is 0 Å². The topological polar surface area (TPSA) is 26.0 Å². The molecule has 17 heavy (non-hydrogen) atoms. The van der Waals surface area contributed by atoms with E-state index in [0.717, 1.165) is 6.42 Å². The second-order valence-corrected chi connectivity index (χ2v) is 4.59. The maximum absolute atomic E-state index is 6.30. The third-order valence-corrected chi connectivity index (χ3v) is 3.29. The van der Waals surface area contributed by atoms with Crippen LogP contribution in [0.5, 0.6) is 0 Å². The highest BCUT2D eigenvalue weighted by Gasteiger charge is 2.10. The van der Waals surface area contributed by atoms with E-state index in [4.69, 9.17) is 5.73 Å². The molecule has 2 aromatic rings. The molecule has 0 saturated carbocycles. The molecule has 0 saturated heterocycles. The molecule has 0 bridgehead atoms. The predicted molar refractivity (Wildman–Crippen MR) is 73.0 cm³/mol. The van der Waals surface area contributed by atoms with Crippen molar-refractivity contribution in [3.63, 3.8) is 0 Å². The van der Waals surface area contributed by atoms with E-state index < -0.39 is 0 Å². The van der Waals surface area contributed by atoms with Gasteiger partial charge in [0.2, 0.25) is 0 Å². The van der Waals surface area contributed by atoms with Crippen LogP contribution in [0.3, 0.4) is 0 Å². The van der Waals surface area contributed by atoms with Gasteiger partial charge in [-0.05, 0) is 42.5 Å². The molecule has 0 amide bonds. The quantitative estimate of drug-likeness (QED) is 0.849. The van der Waals surface area contributed by atoms with Gasteiger partial charge in [0.1, 0.15) is 0 Å². The molecule has 2 rings (SSSR count). The minimum Gasteiger partial charge on any atom is -0.324 e. The molecular formula is C16H19N. The summed E-state index contributed by atoms with van der Waals surface area (Å²) in [5.41, 5.74) is 11.5. The highest BCUT2D eigenvalue weighted by molar-refractivity contribution is 5.32. The van der Waals surface area contributed by atoms with Crippen molar-refractivity contribution < 1.29 is 0 Å². The summed E-state index contributed by atoms with van der Waals surface area (Å²) in [6.45, 7) is 4.26. The summed E-state index contributed by atoms with van der Waals surface area (Å²) < 4.78 is 0. The molecule has 88 valence electrons. The van der Waals surface area contributed by atoms with Crippen molar-refractivity contribution >= 4 is 0 Å². The summed E-state index contributed by atoms with van der Waals surface area (Å²) in [5.74, 6) is 0. The third kappa shape index (κ3) is 2.75. The molecule has 2 aromatic carbocycles. The lowest BCUT2D eigenvalue weighted by molar-refractivity contribution is 0.714. The van der Waals surface area contributed by atoms with Gasteiger partial charge in [-0.15, -0.1) is 0 Å². The molecule has 0 aliphatic heterocycles. The van der Waals surface area contributed by atoms with Crippen molar-refractivity contribution in [2.45, 2.75) is 26.3 Å². The van der Waals surface area contributed by atoms with Crippen molar-refractivity contribution in [1.82, 2.24) is 0 Å². The number of aryl methyl sites for hydroxylation is 2. The van der Waals surface area contributed by atoms with Gasteiger partial charge in [0.15, 0.2) is 0 Å². The molecule has 1 nitrogen and oxygen atoms in total. The highest BCUT2D eigenvalue weighted by atomic mass is 14.6. The van der Waals surface area contributed by atoms with E-state index in [2.05, 4.69) is 62.4 Å². The SMILES string of the molecule is Cc1ccccc1CC(N)c1ccccc1C. The second kappa shape index (κ2) is 5.15. The number of hydrogen-bond donors (Lipinski definition) is 1. The smallest absolute Gasteiger partial charge is 0.0338 e. The van der Waals surface area contributed by atoms with Gasteiger partial charge in [-0.3, -0.25) is 0 Å². The Morgan fingerprint density at radius 2 is 1.47 bits per heavy atom. The van der Waals surface area contributed by atoms with Crippen LogP contribution in [0.25, 0.3) is 0 Å². The van der Waals surface area contributed by atoms with Gasteiger partial charge in [-0.1, -0.05) is 48.5 Å². The lowest BCUT2D eigenvalue weighted by atomic mass is 9.94. The summed E-state index contributed by atoms with van der Waals surface area (Å²) in [7, 11) is 0. The lowest BCUT2D eigenvalue weighted by Crippen LogP contribution is -2.15. The summed E-state index contributed by atoms with van der Waals surface area (Å²) in [4.78, 5) is 0. The molecule has 0 radical (unpaired) electrons. The summed E-state index contributed by atoms with van der Waals surface area (Å²) >= 11 is 0. The first-order chi connectivity index (χ1) is 8.18. The van der Waals surface area contributed by atoms with E-state index in [9.17, 15) is 0 Å². The van der Waals surface area contributed by atoms with E-state index in [0.29, 0.717) is 0 Å². The van der Waals surface area contributed by atoms with Crippen LogP contribution in [-0.4, -0.2) is 0 Å². The standard InChI is InChI=1S/C16H19N/c1-12-7-3-5-9-14(12)11-16(17)15-10-6-4-8-13(15)2/h3-10,16H,11,17H2,1-2H3. The molecule has 0 aromatic heterocycles. The van der Waals surface area contributed by atoms with Crippen molar-refractivity contribution in [3.8, 4) is 0 Å². The van der Waals surface area contributed by atoms with Crippen LogP contribution in [0, 0.1) is 13.8 Å². The third-order valence-electron chi connectivity index (χ3n) is 3.29. The Kier molecular flexibility index (Phi) is 3.60. The molecule has 1 atom stereocenters. The van der Waals surface area contributed by atoms with Gasteiger partial charge in [-0.25, -0.2) is 0 Å². The van der Waals surface area contributed by atoms with Crippen LogP contribution in [0.1, 0.15) is 28.3 Å². The van der Waals surface area contributed by atoms with Crippen LogP contribution < -0.4 is 5.73 Å². The molecule has 1 unspecified atom stereocenters. The number of rotatable bonds is 3. The predicted octanol–water partition coefficient (Wildman–Crippen LogP) is 3.55. The van der Waals surface area contributed by atoms with Crippen LogP contribution in [-0.2, 0) is 6.42 Å². The minimum absolute atomic E-state index is 0.0808. The maximum atomic E-state index is 6.30. The molecule has 0 fully saturated rings.